The first-order valence-electron chi connectivity index (χ1n) is 5.48. The van der Waals surface area contributed by atoms with Crippen LogP contribution < -0.4 is 0 Å². The number of amides is 1. The molecule has 19 heavy (non-hydrogen) atoms. The van der Waals surface area contributed by atoms with Gasteiger partial charge in [0.2, 0.25) is 0 Å². The second kappa shape index (κ2) is 4.96. The molecule has 1 amide bonds. The lowest BCUT2D eigenvalue weighted by molar-refractivity contribution is -0.138. The maximum absolute atomic E-state index is 12.1. The number of hydrogen-bond donors (Lipinski definition) is 2. The Morgan fingerprint density at radius 3 is 2.74 bits per heavy atom. The van der Waals surface area contributed by atoms with E-state index in [1.54, 1.807) is 0 Å². The number of aromatic nitrogens is 3. The Balaban J connectivity index is 2.21. The van der Waals surface area contributed by atoms with E-state index in [1.807, 2.05) is 0 Å². The lowest BCUT2D eigenvalue weighted by Gasteiger charge is -2.25. The molecule has 1 unspecified atom stereocenters. The molecule has 1 aliphatic heterocycles. The Hall–Kier alpha value is -1.97. The highest BCUT2D eigenvalue weighted by atomic mass is 32.2. The number of carbonyl (C=O) groups is 2. The zero-order chi connectivity index (χ0) is 14.0. The van der Waals surface area contributed by atoms with Gasteiger partial charge in [-0.2, -0.15) is 15.4 Å². The van der Waals surface area contributed by atoms with E-state index in [1.165, 1.54) is 6.20 Å². The Morgan fingerprint density at radius 2 is 2.26 bits per heavy atom. The Morgan fingerprint density at radius 1 is 1.53 bits per heavy atom. The minimum atomic E-state index is -3.21. The first-order valence-corrected chi connectivity index (χ1v) is 7.30. The van der Waals surface area contributed by atoms with Crippen LogP contribution >= 0.6 is 0 Å². The molecule has 1 aliphatic rings. The van der Waals surface area contributed by atoms with Crippen LogP contribution in [0.4, 0.5) is 0 Å². The summed E-state index contributed by atoms with van der Waals surface area (Å²) in [7, 11) is -3.21. The number of rotatable bonds is 4. The van der Waals surface area contributed by atoms with Gasteiger partial charge in [-0.05, 0) is 6.42 Å². The zero-order valence-corrected chi connectivity index (χ0v) is 10.6. The molecule has 1 aromatic heterocycles. The highest BCUT2D eigenvalue weighted by Crippen LogP contribution is 2.19. The Labute approximate surface area is 108 Å². The fraction of sp³-hybridized carbons (Fsp3) is 0.556. The quantitative estimate of drug-likeness (QED) is 0.690. The zero-order valence-electron chi connectivity index (χ0n) is 9.81. The maximum Gasteiger partial charge on any atom is 0.323 e. The lowest BCUT2D eigenvalue weighted by Crippen LogP contribution is -2.44. The second-order valence-electron chi connectivity index (χ2n) is 4.24. The molecule has 0 aromatic carbocycles. The van der Waals surface area contributed by atoms with Crippen molar-refractivity contribution in [3.63, 3.8) is 0 Å². The van der Waals surface area contributed by atoms with Gasteiger partial charge in [0, 0.05) is 6.04 Å². The molecule has 0 saturated carbocycles. The van der Waals surface area contributed by atoms with Gasteiger partial charge < -0.3 is 10.0 Å². The molecule has 0 aliphatic carbocycles. The van der Waals surface area contributed by atoms with Crippen molar-refractivity contribution in [3.8, 4) is 0 Å². The monoisotopic (exact) mass is 288 g/mol. The van der Waals surface area contributed by atoms with Gasteiger partial charge in [0.25, 0.3) is 5.91 Å². The highest BCUT2D eigenvalue weighted by Gasteiger charge is 2.36. The SMILES string of the molecule is O=C(O)CN(C(=O)c1cn[nH]n1)C1CCS(=O)(=O)C1. The standard InChI is InChI=1S/C9H12N4O5S/c14-8(15)4-13(6-1-2-19(17,18)5-6)9(16)7-3-10-12-11-7/h3,6H,1-2,4-5H2,(H,14,15)(H,10,11,12). The number of nitrogens with one attached hydrogen (secondary N) is 1. The van der Waals surface area contributed by atoms with Crippen LogP contribution in [0.3, 0.4) is 0 Å². The third-order valence-electron chi connectivity index (χ3n) is 2.85. The molecule has 0 spiro atoms. The summed E-state index contributed by atoms with van der Waals surface area (Å²) >= 11 is 0. The van der Waals surface area contributed by atoms with Crippen molar-refractivity contribution in [2.24, 2.45) is 0 Å². The molecule has 2 heterocycles. The molecule has 1 aromatic rings. The molecule has 2 rings (SSSR count). The molecule has 0 radical (unpaired) electrons. The number of sulfone groups is 1. The summed E-state index contributed by atoms with van der Waals surface area (Å²) in [6.45, 7) is -0.564. The fourth-order valence-electron chi connectivity index (χ4n) is 1.99. The number of carboxylic acids is 1. The van der Waals surface area contributed by atoms with E-state index in [0.29, 0.717) is 0 Å². The van der Waals surface area contributed by atoms with E-state index in [9.17, 15) is 18.0 Å². The van der Waals surface area contributed by atoms with Gasteiger partial charge in [0.05, 0.1) is 17.7 Å². The molecule has 1 saturated heterocycles. The molecule has 1 atom stereocenters. The van der Waals surface area contributed by atoms with E-state index in [-0.39, 0.29) is 23.6 Å². The van der Waals surface area contributed by atoms with Crippen molar-refractivity contribution in [1.82, 2.24) is 20.3 Å². The van der Waals surface area contributed by atoms with Gasteiger partial charge in [-0.25, -0.2) is 8.42 Å². The average Bonchev–Trinajstić information content (AvgIpc) is 2.94. The van der Waals surface area contributed by atoms with Gasteiger partial charge in [0.1, 0.15) is 6.54 Å². The largest absolute Gasteiger partial charge is 0.480 e. The van der Waals surface area contributed by atoms with Crippen LogP contribution in [0.25, 0.3) is 0 Å². The highest BCUT2D eigenvalue weighted by molar-refractivity contribution is 7.91. The molecule has 1 fully saturated rings. The first-order chi connectivity index (χ1) is 8.89. The number of carbonyl (C=O) groups excluding carboxylic acids is 1. The first kappa shape index (κ1) is 13.5. The molecule has 104 valence electrons. The van der Waals surface area contributed by atoms with Crippen molar-refractivity contribution >= 4 is 21.7 Å². The summed E-state index contributed by atoms with van der Waals surface area (Å²) in [6, 6.07) is -0.634. The molecule has 2 N–H and O–H groups in total. The lowest BCUT2D eigenvalue weighted by atomic mass is 10.2. The van der Waals surface area contributed by atoms with Crippen LogP contribution in [0, 0.1) is 0 Å². The smallest absolute Gasteiger partial charge is 0.323 e. The van der Waals surface area contributed by atoms with Crippen molar-refractivity contribution in [2.45, 2.75) is 12.5 Å². The van der Waals surface area contributed by atoms with E-state index in [0.717, 1.165) is 4.90 Å². The third-order valence-corrected chi connectivity index (χ3v) is 4.60. The third kappa shape index (κ3) is 3.08. The maximum atomic E-state index is 12.1. The van der Waals surface area contributed by atoms with Crippen molar-refractivity contribution in [1.29, 1.82) is 0 Å². The van der Waals surface area contributed by atoms with E-state index in [2.05, 4.69) is 15.4 Å². The van der Waals surface area contributed by atoms with Crippen LogP contribution in [-0.4, -0.2) is 69.8 Å². The number of aliphatic carboxylic acids is 1. The van der Waals surface area contributed by atoms with Gasteiger partial charge in [-0.15, -0.1) is 0 Å². The summed E-state index contributed by atoms with van der Waals surface area (Å²) in [5.41, 5.74) is -0.0365. The predicted molar refractivity (Wildman–Crippen MR) is 62.1 cm³/mol. The summed E-state index contributed by atoms with van der Waals surface area (Å²) in [6.07, 6.45) is 1.40. The minimum Gasteiger partial charge on any atom is -0.480 e. The van der Waals surface area contributed by atoms with Gasteiger partial charge in [-0.3, -0.25) is 9.59 Å². The Kier molecular flexibility index (Phi) is 3.51. The van der Waals surface area contributed by atoms with Crippen LogP contribution in [0.1, 0.15) is 16.9 Å². The van der Waals surface area contributed by atoms with Crippen LogP contribution in [0.2, 0.25) is 0 Å². The van der Waals surface area contributed by atoms with Gasteiger partial charge in [0.15, 0.2) is 15.5 Å². The van der Waals surface area contributed by atoms with Crippen molar-refractivity contribution in [2.75, 3.05) is 18.1 Å². The fourth-order valence-corrected chi connectivity index (χ4v) is 3.72. The van der Waals surface area contributed by atoms with E-state index in [4.69, 9.17) is 5.11 Å². The Bertz CT molecular complexity index is 582. The number of nitrogens with zero attached hydrogens (tertiary/aromatic N) is 3. The second-order valence-corrected chi connectivity index (χ2v) is 6.47. The van der Waals surface area contributed by atoms with Gasteiger partial charge >= 0.3 is 5.97 Å². The molecule has 9 nitrogen and oxygen atoms in total. The molecular weight excluding hydrogens is 276 g/mol. The summed E-state index contributed by atoms with van der Waals surface area (Å²) < 4.78 is 22.8. The number of aromatic amines is 1. The average molecular weight is 288 g/mol. The summed E-state index contributed by atoms with van der Waals surface area (Å²) in [4.78, 5) is 23.9. The van der Waals surface area contributed by atoms with Crippen molar-refractivity contribution < 1.29 is 23.1 Å². The number of carboxylic acid groups (broad SMARTS) is 1. The van der Waals surface area contributed by atoms with Crippen LogP contribution in [-0.2, 0) is 14.6 Å². The normalized spacial score (nSPS) is 21.2. The van der Waals surface area contributed by atoms with E-state index >= 15 is 0 Å². The molecule has 10 heteroatoms. The van der Waals surface area contributed by atoms with Gasteiger partial charge in [-0.1, -0.05) is 0 Å². The summed E-state index contributed by atoms with van der Waals surface area (Å²) in [5.74, 6) is -2.11. The van der Waals surface area contributed by atoms with Crippen LogP contribution in [0.15, 0.2) is 6.20 Å². The van der Waals surface area contributed by atoms with E-state index < -0.39 is 34.3 Å². The number of H-pyrrole nitrogens is 1. The molecular formula is C9H12N4O5S. The topological polar surface area (TPSA) is 133 Å². The minimum absolute atomic E-state index is 0.0365. The molecule has 0 bridgehead atoms. The predicted octanol–water partition coefficient (Wildman–Crippen LogP) is -1.48. The van der Waals surface area contributed by atoms with Crippen LogP contribution in [0.5, 0.6) is 0 Å². The van der Waals surface area contributed by atoms with Crippen molar-refractivity contribution in [3.05, 3.63) is 11.9 Å². The summed E-state index contributed by atoms with van der Waals surface area (Å²) in [5, 5.41) is 18.1. The number of hydrogen-bond acceptors (Lipinski definition) is 6.